The van der Waals surface area contributed by atoms with Gasteiger partial charge in [0.05, 0.1) is 3.76 Å². The fourth-order valence-corrected chi connectivity index (χ4v) is 0. The van der Waals surface area contributed by atoms with E-state index in [9.17, 15) is 0 Å². The van der Waals surface area contributed by atoms with Gasteiger partial charge in [0, 0.05) is 20.3 Å². The molecule has 0 amide bonds. The van der Waals surface area contributed by atoms with Crippen LogP contribution in [0.25, 0.3) is 0 Å². The molecule has 5 heavy (non-hydrogen) atoms. The zero-order valence-electron chi connectivity index (χ0n) is 2.35. The van der Waals surface area contributed by atoms with Gasteiger partial charge in [-0.15, -0.1) is 0 Å². The molecule has 4 heteroatoms. The fourth-order valence-electron chi connectivity index (χ4n) is 0. The Morgan fingerprint density at radius 2 is 2.20 bits per heavy atom. The van der Waals surface area contributed by atoms with Crippen molar-refractivity contribution in [3.8, 4) is 0 Å². The first-order valence-electron chi connectivity index (χ1n) is 0.905. The Hall–Kier alpha value is 0.880. The van der Waals surface area contributed by atoms with E-state index >= 15 is 0 Å². The Labute approximate surface area is 51.1 Å². The van der Waals surface area contributed by atoms with Gasteiger partial charge in [-0.1, -0.05) is 22.6 Å². The predicted octanol–water partition coefficient (Wildman–Crippen LogP) is 0.938. The second-order valence-electron chi connectivity index (χ2n) is 0.431. The van der Waals surface area contributed by atoms with E-state index in [-0.39, 0.29) is 0 Å². The van der Waals surface area contributed by atoms with Crippen molar-refractivity contribution >= 4 is 42.9 Å². The SMILES string of the molecule is N#S(=S)CI. The highest BCUT2D eigenvalue weighted by Crippen LogP contribution is 1.75. The Kier molecular flexibility index (Phi) is 3.63. The molecule has 0 N–H and O–H groups in total. The van der Waals surface area contributed by atoms with E-state index in [2.05, 4.69) is 11.2 Å². The van der Waals surface area contributed by atoms with Crippen LogP contribution >= 0.6 is 22.6 Å². The van der Waals surface area contributed by atoms with Gasteiger partial charge in [-0.3, -0.25) is 0 Å². The standard InChI is InChI=1S/CH2INS2/c2-1-5(3)4/h1H2. The van der Waals surface area contributed by atoms with Crippen LogP contribution in [-0.4, -0.2) is 3.76 Å². The summed E-state index contributed by atoms with van der Waals surface area (Å²) in [6.45, 7) is 0. The molecular weight excluding hydrogens is 217 g/mol. The molecule has 0 aliphatic heterocycles. The number of hydrogen-bond donors (Lipinski definition) is 0. The number of halogens is 1. The second kappa shape index (κ2) is 3.08. The van der Waals surface area contributed by atoms with E-state index in [0.29, 0.717) is 3.76 Å². The summed E-state index contributed by atoms with van der Waals surface area (Å²) in [5.74, 6) is 0. The third-order valence-electron chi connectivity index (χ3n) is 0.0933. The van der Waals surface area contributed by atoms with Crippen LogP contribution in [0.3, 0.4) is 0 Å². The molecule has 0 aromatic rings. The van der Waals surface area contributed by atoms with Crippen LogP contribution in [-0.2, 0) is 20.3 Å². The van der Waals surface area contributed by atoms with Crippen molar-refractivity contribution in [2.24, 2.45) is 0 Å². The van der Waals surface area contributed by atoms with E-state index in [1.54, 1.807) is 0 Å². The summed E-state index contributed by atoms with van der Waals surface area (Å²) in [6, 6.07) is 0. The molecule has 0 aromatic carbocycles. The molecule has 0 bridgehead atoms. The third-order valence-corrected chi connectivity index (χ3v) is 3.67. The molecule has 0 aromatic heterocycles. The van der Waals surface area contributed by atoms with Crippen LogP contribution in [0.2, 0.25) is 0 Å². The monoisotopic (exact) mass is 219 g/mol. The van der Waals surface area contributed by atoms with E-state index < -0.39 is 9.08 Å². The smallest absolute Gasteiger partial charge is 0.0941 e. The Bertz CT molecular complexity index is 111. The van der Waals surface area contributed by atoms with E-state index in [0.717, 1.165) is 0 Å². The first-order chi connectivity index (χ1) is 2.27. The van der Waals surface area contributed by atoms with Crippen molar-refractivity contribution in [1.82, 2.24) is 0 Å². The van der Waals surface area contributed by atoms with Gasteiger partial charge in [-0.25, -0.2) is 0 Å². The highest BCUT2D eigenvalue weighted by atomic mass is 127. The van der Waals surface area contributed by atoms with E-state index in [4.69, 9.17) is 4.61 Å². The van der Waals surface area contributed by atoms with E-state index in [1.807, 2.05) is 22.6 Å². The molecule has 30 valence electrons. The first kappa shape index (κ1) is 5.88. The summed E-state index contributed by atoms with van der Waals surface area (Å²) in [5, 5.41) is 0. The molecule has 0 radical (unpaired) electrons. The van der Waals surface area contributed by atoms with Crippen LogP contribution < -0.4 is 0 Å². The van der Waals surface area contributed by atoms with Gasteiger partial charge in [0.25, 0.3) is 0 Å². The number of hydrogen-bond acceptors (Lipinski definition) is 2. The minimum absolute atomic E-state index is 0.674. The zero-order valence-corrected chi connectivity index (χ0v) is 6.14. The lowest BCUT2D eigenvalue weighted by Crippen LogP contribution is -1.57. The van der Waals surface area contributed by atoms with Gasteiger partial charge in [0.2, 0.25) is 0 Å². The summed E-state index contributed by atoms with van der Waals surface area (Å²) in [6.07, 6.45) is 0. The maximum absolute atomic E-state index is 8.20. The largest absolute Gasteiger partial charge is 0.177 e. The fraction of sp³-hybridized carbons (Fsp3) is 1.00. The molecule has 0 saturated heterocycles. The summed E-state index contributed by atoms with van der Waals surface area (Å²) >= 11 is 6.39. The van der Waals surface area contributed by atoms with Crippen LogP contribution in [0.5, 0.6) is 0 Å². The van der Waals surface area contributed by atoms with Crippen LogP contribution in [0.4, 0.5) is 0 Å². The molecule has 0 unspecified atom stereocenters. The number of alkyl halides is 1. The average Bonchev–Trinajstić information content (AvgIpc) is 1.38. The second-order valence-corrected chi connectivity index (χ2v) is 4.31. The molecule has 0 saturated carbocycles. The average molecular weight is 219 g/mol. The maximum Gasteiger partial charge on any atom is 0.0941 e. The van der Waals surface area contributed by atoms with Crippen molar-refractivity contribution in [3.63, 3.8) is 0 Å². The van der Waals surface area contributed by atoms with Crippen molar-refractivity contribution in [2.75, 3.05) is 3.76 Å². The number of rotatable bonds is 0. The lowest BCUT2D eigenvalue weighted by atomic mass is 12.0. The Balaban J connectivity index is 3.39. The maximum atomic E-state index is 8.20. The summed E-state index contributed by atoms with van der Waals surface area (Å²) in [4.78, 5) is 0. The zero-order chi connectivity index (χ0) is 4.28. The number of nitrogens with zero attached hydrogens (tertiary/aromatic N) is 1. The van der Waals surface area contributed by atoms with Gasteiger partial charge in [0.15, 0.2) is 0 Å². The van der Waals surface area contributed by atoms with Gasteiger partial charge < -0.3 is 0 Å². The summed E-state index contributed by atoms with van der Waals surface area (Å²) in [5.41, 5.74) is 0. The van der Waals surface area contributed by atoms with Crippen LogP contribution in [0.15, 0.2) is 0 Å². The quantitative estimate of drug-likeness (QED) is 0.447. The van der Waals surface area contributed by atoms with Gasteiger partial charge in [-0.05, 0) is 0 Å². The highest BCUT2D eigenvalue weighted by Gasteiger charge is 1.61. The topological polar surface area (TPSA) is 23.8 Å². The Morgan fingerprint density at radius 3 is 2.20 bits per heavy atom. The molecule has 0 spiro atoms. The van der Waals surface area contributed by atoms with Gasteiger partial charge >= 0.3 is 0 Å². The lowest BCUT2D eigenvalue weighted by Gasteiger charge is -1.55. The summed E-state index contributed by atoms with van der Waals surface area (Å²) in [7, 11) is -0.753. The molecule has 0 atom stereocenters. The third kappa shape index (κ3) is 4.88. The van der Waals surface area contributed by atoms with Crippen LogP contribution in [0, 0.1) is 4.61 Å². The Morgan fingerprint density at radius 1 is 2.00 bits per heavy atom. The molecule has 1 nitrogen and oxygen atoms in total. The van der Waals surface area contributed by atoms with Gasteiger partial charge in [-0.2, -0.15) is 4.61 Å². The minimum atomic E-state index is -0.753. The lowest BCUT2D eigenvalue weighted by molar-refractivity contribution is 1.65. The molecule has 0 fully saturated rings. The molecule has 0 aliphatic carbocycles. The molecule has 0 heterocycles. The first-order valence-corrected chi connectivity index (χ1v) is 4.71. The van der Waals surface area contributed by atoms with E-state index in [1.165, 1.54) is 0 Å². The molecule has 0 rings (SSSR count). The summed E-state index contributed by atoms with van der Waals surface area (Å²) < 4.78 is 8.87. The van der Waals surface area contributed by atoms with Crippen LogP contribution in [0.1, 0.15) is 0 Å². The highest BCUT2D eigenvalue weighted by molar-refractivity contribution is 14.1. The van der Waals surface area contributed by atoms with Gasteiger partial charge in [0.1, 0.15) is 0 Å². The van der Waals surface area contributed by atoms with Crippen molar-refractivity contribution in [2.45, 2.75) is 0 Å². The van der Waals surface area contributed by atoms with Crippen molar-refractivity contribution < 1.29 is 0 Å². The minimum Gasteiger partial charge on any atom is -0.177 e. The van der Waals surface area contributed by atoms with Crippen molar-refractivity contribution in [1.29, 1.82) is 4.61 Å². The molecule has 0 aliphatic rings. The normalized spacial score (nSPS) is 7.20. The predicted molar refractivity (Wildman–Crippen MR) is 35.3 cm³/mol. The molecular formula is CH2INS2. The van der Waals surface area contributed by atoms with Crippen molar-refractivity contribution in [3.05, 3.63) is 0 Å².